The number of aryl methyl sites for hydroxylation is 2. The SMILES string of the molecule is Cc1ccc(N(C(=O)CNC(=O)c2ccco2)[C@H](C(=O)NC2CCCC2)c2cccs2)c(C)c1. The average molecular weight is 480 g/mol. The lowest BCUT2D eigenvalue weighted by molar-refractivity contribution is -0.126. The zero-order valence-electron chi connectivity index (χ0n) is 19.4. The molecule has 7 nitrogen and oxygen atoms in total. The van der Waals surface area contributed by atoms with Gasteiger partial charge in [0.05, 0.1) is 12.8 Å². The molecule has 178 valence electrons. The van der Waals surface area contributed by atoms with E-state index < -0.39 is 11.9 Å². The van der Waals surface area contributed by atoms with Gasteiger partial charge in [-0.2, -0.15) is 0 Å². The van der Waals surface area contributed by atoms with E-state index in [4.69, 9.17) is 4.42 Å². The molecule has 2 heterocycles. The van der Waals surface area contributed by atoms with Gasteiger partial charge in [-0.3, -0.25) is 19.3 Å². The van der Waals surface area contributed by atoms with E-state index in [0.29, 0.717) is 5.69 Å². The Morgan fingerprint density at radius 1 is 1.12 bits per heavy atom. The molecule has 1 aliphatic carbocycles. The van der Waals surface area contributed by atoms with Gasteiger partial charge in [0.2, 0.25) is 11.8 Å². The first-order chi connectivity index (χ1) is 16.4. The first-order valence-electron chi connectivity index (χ1n) is 11.5. The molecule has 3 aromatic rings. The maximum atomic E-state index is 13.6. The maximum Gasteiger partial charge on any atom is 0.287 e. The van der Waals surface area contributed by atoms with Crippen LogP contribution in [0.4, 0.5) is 5.69 Å². The predicted octanol–water partition coefficient (Wildman–Crippen LogP) is 4.52. The summed E-state index contributed by atoms with van der Waals surface area (Å²) in [5.74, 6) is -0.950. The molecular weight excluding hydrogens is 450 g/mol. The molecule has 1 atom stereocenters. The molecule has 34 heavy (non-hydrogen) atoms. The molecule has 1 fully saturated rings. The van der Waals surface area contributed by atoms with Crippen LogP contribution < -0.4 is 15.5 Å². The van der Waals surface area contributed by atoms with Crippen molar-refractivity contribution >= 4 is 34.7 Å². The fourth-order valence-corrected chi connectivity index (χ4v) is 5.21. The summed E-state index contributed by atoms with van der Waals surface area (Å²) in [6, 6.07) is 11.9. The zero-order chi connectivity index (χ0) is 24.1. The summed E-state index contributed by atoms with van der Waals surface area (Å²) in [7, 11) is 0. The largest absolute Gasteiger partial charge is 0.459 e. The lowest BCUT2D eigenvalue weighted by Crippen LogP contribution is -2.49. The summed E-state index contributed by atoms with van der Waals surface area (Å²) in [4.78, 5) is 41.9. The fraction of sp³-hybridized carbons (Fsp3) is 0.346. The third-order valence-corrected chi connectivity index (χ3v) is 6.97. The van der Waals surface area contributed by atoms with Gasteiger partial charge in [-0.1, -0.05) is 36.6 Å². The van der Waals surface area contributed by atoms with Crippen molar-refractivity contribution in [1.82, 2.24) is 10.6 Å². The van der Waals surface area contributed by atoms with E-state index in [1.54, 1.807) is 6.07 Å². The third kappa shape index (κ3) is 5.39. The van der Waals surface area contributed by atoms with Gasteiger partial charge in [0.25, 0.3) is 5.91 Å². The first kappa shape index (κ1) is 23.8. The number of carbonyl (C=O) groups excluding carboxylic acids is 3. The fourth-order valence-electron chi connectivity index (χ4n) is 4.40. The molecule has 0 spiro atoms. The Kier molecular flexibility index (Phi) is 7.47. The van der Waals surface area contributed by atoms with Gasteiger partial charge in [-0.05, 0) is 61.9 Å². The Bertz CT molecular complexity index is 1140. The van der Waals surface area contributed by atoms with Crippen molar-refractivity contribution in [1.29, 1.82) is 0 Å². The molecule has 1 aromatic carbocycles. The van der Waals surface area contributed by atoms with Crippen LogP contribution in [0.15, 0.2) is 58.5 Å². The lowest BCUT2D eigenvalue weighted by atomic mass is 10.1. The Morgan fingerprint density at radius 3 is 2.56 bits per heavy atom. The van der Waals surface area contributed by atoms with Crippen LogP contribution in [0.5, 0.6) is 0 Å². The predicted molar refractivity (Wildman–Crippen MR) is 132 cm³/mol. The monoisotopic (exact) mass is 479 g/mol. The van der Waals surface area contributed by atoms with E-state index in [9.17, 15) is 14.4 Å². The Labute approximate surface area is 203 Å². The van der Waals surface area contributed by atoms with Crippen LogP contribution in [-0.2, 0) is 9.59 Å². The number of nitrogens with zero attached hydrogens (tertiary/aromatic N) is 1. The molecule has 2 N–H and O–H groups in total. The minimum Gasteiger partial charge on any atom is -0.459 e. The summed E-state index contributed by atoms with van der Waals surface area (Å²) >= 11 is 1.43. The van der Waals surface area contributed by atoms with Crippen LogP contribution in [0.3, 0.4) is 0 Å². The highest BCUT2D eigenvalue weighted by Crippen LogP contribution is 2.33. The van der Waals surface area contributed by atoms with Gasteiger partial charge in [0, 0.05) is 16.6 Å². The van der Waals surface area contributed by atoms with Crippen LogP contribution in [0.2, 0.25) is 0 Å². The van der Waals surface area contributed by atoms with E-state index in [1.165, 1.54) is 28.6 Å². The van der Waals surface area contributed by atoms with Gasteiger partial charge in [0.15, 0.2) is 5.76 Å². The summed E-state index contributed by atoms with van der Waals surface area (Å²) in [5, 5.41) is 7.69. The van der Waals surface area contributed by atoms with Crippen molar-refractivity contribution in [3.63, 3.8) is 0 Å². The summed E-state index contributed by atoms with van der Waals surface area (Å²) in [6.45, 7) is 3.63. The van der Waals surface area contributed by atoms with Crippen molar-refractivity contribution < 1.29 is 18.8 Å². The van der Waals surface area contributed by atoms with Crippen LogP contribution in [0.25, 0.3) is 0 Å². The number of carbonyl (C=O) groups is 3. The smallest absolute Gasteiger partial charge is 0.287 e. The van der Waals surface area contributed by atoms with Gasteiger partial charge in [-0.25, -0.2) is 0 Å². The lowest BCUT2D eigenvalue weighted by Gasteiger charge is -2.32. The van der Waals surface area contributed by atoms with Gasteiger partial charge < -0.3 is 15.1 Å². The van der Waals surface area contributed by atoms with E-state index >= 15 is 0 Å². The van der Waals surface area contributed by atoms with Crippen LogP contribution in [0, 0.1) is 13.8 Å². The molecular formula is C26H29N3O4S. The van der Waals surface area contributed by atoms with Crippen molar-refractivity contribution in [3.05, 3.63) is 75.9 Å². The highest BCUT2D eigenvalue weighted by atomic mass is 32.1. The second-order valence-corrected chi connectivity index (χ2v) is 9.60. The van der Waals surface area contributed by atoms with Crippen molar-refractivity contribution in [2.24, 2.45) is 0 Å². The van der Waals surface area contributed by atoms with Crippen LogP contribution in [0.1, 0.15) is 58.3 Å². The maximum absolute atomic E-state index is 13.6. The van der Waals surface area contributed by atoms with E-state index in [-0.39, 0.29) is 30.2 Å². The number of thiophene rings is 1. The first-order valence-corrected chi connectivity index (χ1v) is 12.4. The van der Waals surface area contributed by atoms with Crippen molar-refractivity contribution in [2.75, 3.05) is 11.4 Å². The molecule has 0 radical (unpaired) electrons. The minimum atomic E-state index is -0.838. The van der Waals surface area contributed by atoms with Crippen molar-refractivity contribution in [2.45, 2.75) is 51.6 Å². The number of rotatable bonds is 8. The topological polar surface area (TPSA) is 91.7 Å². The minimum absolute atomic E-state index is 0.115. The number of benzene rings is 1. The molecule has 2 aromatic heterocycles. The van der Waals surface area contributed by atoms with E-state index in [0.717, 1.165) is 41.7 Å². The number of anilines is 1. The van der Waals surface area contributed by atoms with E-state index in [2.05, 4.69) is 10.6 Å². The molecule has 1 aliphatic rings. The third-order valence-electron chi connectivity index (χ3n) is 6.05. The highest BCUT2D eigenvalue weighted by molar-refractivity contribution is 7.10. The number of furan rings is 1. The molecule has 8 heteroatoms. The Hall–Kier alpha value is -3.39. The van der Waals surface area contributed by atoms with Gasteiger partial charge >= 0.3 is 0 Å². The Morgan fingerprint density at radius 2 is 1.91 bits per heavy atom. The molecule has 0 bridgehead atoms. The quantitative estimate of drug-likeness (QED) is 0.497. The number of nitrogens with one attached hydrogen (secondary N) is 2. The normalized spacial score (nSPS) is 14.5. The van der Waals surface area contributed by atoms with Crippen LogP contribution in [-0.4, -0.2) is 30.3 Å². The summed E-state index contributed by atoms with van der Waals surface area (Å²) in [5.41, 5.74) is 2.58. The Balaban J connectivity index is 1.67. The average Bonchev–Trinajstić information content (AvgIpc) is 3.59. The van der Waals surface area contributed by atoms with Crippen LogP contribution >= 0.6 is 11.3 Å². The highest BCUT2D eigenvalue weighted by Gasteiger charge is 2.35. The molecule has 4 rings (SSSR count). The molecule has 0 unspecified atom stereocenters. The standard InChI is InChI=1S/C26H29N3O4S/c1-17-11-12-20(18(2)15-17)29(23(30)16-27-25(31)21-9-5-13-33-21)24(22-10-6-14-34-22)26(32)28-19-7-3-4-8-19/h5-6,9-15,19,24H,3-4,7-8,16H2,1-2H3,(H,27,31)(H,28,32)/t24-/m0/s1. The van der Waals surface area contributed by atoms with Crippen molar-refractivity contribution in [3.8, 4) is 0 Å². The number of hydrogen-bond acceptors (Lipinski definition) is 5. The zero-order valence-corrected chi connectivity index (χ0v) is 20.2. The van der Waals surface area contributed by atoms with Gasteiger partial charge in [-0.15, -0.1) is 11.3 Å². The molecule has 0 aliphatic heterocycles. The number of amides is 3. The summed E-state index contributed by atoms with van der Waals surface area (Å²) < 4.78 is 5.12. The van der Waals surface area contributed by atoms with Gasteiger partial charge in [0.1, 0.15) is 6.04 Å². The molecule has 0 saturated heterocycles. The second-order valence-electron chi connectivity index (χ2n) is 8.62. The van der Waals surface area contributed by atoms with E-state index in [1.807, 2.05) is 49.6 Å². The molecule has 3 amide bonds. The second kappa shape index (κ2) is 10.7. The molecule has 1 saturated carbocycles. The number of hydrogen-bond donors (Lipinski definition) is 2. The summed E-state index contributed by atoms with van der Waals surface area (Å²) in [6.07, 6.45) is 5.47.